The van der Waals surface area contributed by atoms with E-state index in [0.717, 1.165) is 33.9 Å². The highest BCUT2D eigenvalue weighted by Gasteiger charge is 2.37. The van der Waals surface area contributed by atoms with Gasteiger partial charge in [0.15, 0.2) is 17.3 Å². The van der Waals surface area contributed by atoms with Crippen molar-refractivity contribution in [3.63, 3.8) is 0 Å². The Morgan fingerprint density at radius 2 is 1.42 bits per heavy atom. The Morgan fingerprint density at radius 1 is 0.750 bits per heavy atom. The predicted octanol–water partition coefficient (Wildman–Crippen LogP) is 5.70. The first-order valence-electron chi connectivity index (χ1n) is 11.9. The fourth-order valence-corrected chi connectivity index (χ4v) is 5.12. The Labute approximate surface area is 211 Å². The van der Waals surface area contributed by atoms with Crippen molar-refractivity contribution in [2.45, 2.75) is 24.8 Å². The number of ether oxygens (including phenoxy) is 4. The molecule has 0 spiro atoms. The molecule has 0 radical (unpaired) electrons. The minimum absolute atomic E-state index is 0.0628. The van der Waals surface area contributed by atoms with Crippen LogP contribution in [0.25, 0.3) is 0 Å². The van der Waals surface area contributed by atoms with Gasteiger partial charge in [-0.2, -0.15) is 0 Å². The molecule has 3 aromatic carbocycles. The number of carbonyl (C=O) groups excluding carboxylic acids is 1. The smallest absolute Gasteiger partial charge is 0.164 e. The maximum absolute atomic E-state index is 13.8. The molecule has 0 amide bonds. The predicted molar refractivity (Wildman–Crippen MR) is 140 cm³/mol. The molecule has 1 heterocycles. The van der Waals surface area contributed by atoms with Crippen LogP contribution in [-0.4, -0.2) is 34.2 Å². The molecule has 7 nitrogen and oxygen atoms in total. The zero-order valence-corrected chi connectivity index (χ0v) is 20.9. The van der Waals surface area contributed by atoms with Crippen molar-refractivity contribution in [1.29, 1.82) is 0 Å². The number of anilines is 2. The Balaban J connectivity index is 1.63. The van der Waals surface area contributed by atoms with Crippen molar-refractivity contribution in [2.75, 3.05) is 39.1 Å². The maximum atomic E-state index is 13.8. The van der Waals surface area contributed by atoms with Crippen LogP contribution >= 0.6 is 0 Å². The molecule has 0 bridgehead atoms. The summed E-state index contributed by atoms with van der Waals surface area (Å²) in [5, 5.41) is 7.18. The fourth-order valence-electron chi connectivity index (χ4n) is 5.12. The van der Waals surface area contributed by atoms with Gasteiger partial charge in [-0.15, -0.1) is 0 Å². The van der Waals surface area contributed by atoms with Gasteiger partial charge in [-0.05, 0) is 48.2 Å². The number of Topliss-reactive ketones (excluding diaryl/α,β-unsaturated/α-hetero) is 1. The number of methoxy groups -OCH3 is 4. The number of para-hydroxylation sites is 2. The monoisotopic (exact) mass is 486 g/mol. The zero-order chi connectivity index (χ0) is 25.2. The molecule has 2 aliphatic rings. The second-order valence-electron chi connectivity index (χ2n) is 8.89. The molecule has 0 fully saturated rings. The van der Waals surface area contributed by atoms with Crippen LogP contribution in [0, 0.1) is 0 Å². The van der Waals surface area contributed by atoms with Gasteiger partial charge in [-0.25, -0.2) is 0 Å². The third-order valence-corrected chi connectivity index (χ3v) is 6.94. The molecule has 1 aliphatic carbocycles. The molecular weight excluding hydrogens is 456 g/mol. The number of benzene rings is 3. The highest BCUT2D eigenvalue weighted by Crippen LogP contribution is 2.47. The second kappa shape index (κ2) is 9.85. The normalized spacial score (nSPS) is 18.7. The molecule has 0 saturated heterocycles. The zero-order valence-electron chi connectivity index (χ0n) is 20.9. The summed E-state index contributed by atoms with van der Waals surface area (Å²) in [5.74, 6) is 2.70. The van der Waals surface area contributed by atoms with Gasteiger partial charge in [0.05, 0.1) is 45.9 Å². The van der Waals surface area contributed by atoms with Crippen molar-refractivity contribution < 1.29 is 23.7 Å². The maximum Gasteiger partial charge on any atom is 0.164 e. The average Bonchev–Trinajstić information content (AvgIpc) is 3.09. The van der Waals surface area contributed by atoms with Crippen molar-refractivity contribution in [3.8, 4) is 23.0 Å². The summed E-state index contributed by atoms with van der Waals surface area (Å²) in [4.78, 5) is 13.8. The molecule has 7 heteroatoms. The Hall–Kier alpha value is -4.13. The lowest BCUT2D eigenvalue weighted by atomic mass is 9.78. The van der Waals surface area contributed by atoms with Crippen molar-refractivity contribution in [1.82, 2.24) is 0 Å². The van der Waals surface area contributed by atoms with E-state index >= 15 is 0 Å². The van der Waals surface area contributed by atoms with Crippen molar-refractivity contribution >= 4 is 17.2 Å². The highest BCUT2D eigenvalue weighted by atomic mass is 16.5. The lowest BCUT2D eigenvalue weighted by Gasteiger charge is -2.30. The summed E-state index contributed by atoms with van der Waals surface area (Å²) >= 11 is 0. The van der Waals surface area contributed by atoms with Crippen LogP contribution in [0.1, 0.15) is 35.9 Å². The quantitative estimate of drug-likeness (QED) is 0.463. The van der Waals surface area contributed by atoms with E-state index in [-0.39, 0.29) is 11.7 Å². The summed E-state index contributed by atoms with van der Waals surface area (Å²) in [5.41, 5.74) is 5.37. The Morgan fingerprint density at radius 3 is 2.08 bits per heavy atom. The van der Waals surface area contributed by atoms with Gasteiger partial charge in [-0.1, -0.05) is 24.3 Å². The van der Waals surface area contributed by atoms with Gasteiger partial charge >= 0.3 is 0 Å². The van der Waals surface area contributed by atoms with Gasteiger partial charge < -0.3 is 29.6 Å². The number of carbonyl (C=O) groups is 1. The SMILES string of the molecule is COc1ccc([C@H]2CC(=O)C3=C(C2)Nc2ccccc2N[C@H]3c2cc(OC)c(OC)cc2OC)cc1. The van der Waals surface area contributed by atoms with Gasteiger partial charge in [0, 0.05) is 29.3 Å². The minimum Gasteiger partial charge on any atom is -0.497 e. The number of nitrogens with one attached hydrogen (secondary N) is 2. The largest absolute Gasteiger partial charge is 0.497 e. The Kier molecular flexibility index (Phi) is 6.46. The molecule has 36 heavy (non-hydrogen) atoms. The van der Waals surface area contributed by atoms with E-state index in [4.69, 9.17) is 18.9 Å². The van der Waals surface area contributed by atoms with Crippen LogP contribution in [0.5, 0.6) is 23.0 Å². The molecule has 0 saturated carbocycles. The van der Waals surface area contributed by atoms with Crippen LogP contribution in [-0.2, 0) is 4.79 Å². The number of fused-ring (bicyclic) bond motifs is 1. The number of ketones is 1. The van der Waals surface area contributed by atoms with E-state index in [1.165, 1.54) is 0 Å². The molecular formula is C29H30N2O5. The first-order valence-corrected chi connectivity index (χ1v) is 11.9. The fraction of sp³-hybridized carbons (Fsp3) is 0.276. The molecule has 5 rings (SSSR count). The Bertz CT molecular complexity index is 1320. The molecule has 186 valence electrons. The lowest BCUT2D eigenvalue weighted by molar-refractivity contribution is -0.116. The molecule has 0 unspecified atom stereocenters. The number of allylic oxidation sites excluding steroid dienone is 1. The molecule has 3 aromatic rings. The molecule has 2 N–H and O–H groups in total. The summed E-state index contributed by atoms with van der Waals surface area (Å²) in [7, 11) is 6.46. The van der Waals surface area contributed by atoms with Crippen LogP contribution in [0.4, 0.5) is 11.4 Å². The van der Waals surface area contributed by atoms with Crippen LogP contribution in [0.2, 0.25) is 0 Å². The van der Waals surface area contributed by atoms with E-state index in [1.54, 1.807) is 34.5 Å². The van der Waals surface area contributed by atoms with Crippen molar-refractivity contribution in [2.24, 2.45) is 0 Å². The first kappa shape index (κ1) is 23.6. The van der Waals surface area contributed by atoms with E-state index in [2.05, 4.69) is 10.6 Å². The number of hydrogen-bond donors (Lipinski definition) is 2. The topological polar surface area (TPSA) is 78.1 Å². The van der Waals surface area contributed by atoms with E-state index in [0.29, 0.717) is 35.7 Å². The minimum atomic E-state index is -0.435. The number of rotatable bonds is 6. The van der Waals surface area contributed by atoms with Crippen LogP contribution in [0.15, 0.2) is 71.9 Å². The van der Waals surface area contributed by atoms with Gasteiger partial charge in [0.1, 0.15) is 11.5 Å². The van der Waals surface area contributed by atoms with Gasteiger partial charge in [-0.3, -0.25) is 4.79 Å². The third-order valence-electron chi connectivity index (χ3n) is 6.94. The highest BCUT2D eigenvalue weighted by molar-refractivity contribution is 6.01. The second-order valence-corrected chi connectivity index (χ2v) is 8.89. The third kappa shape index (κ3) is 4.21. The average molecular weight is 487 g/mol. The van der Waals surface area contributed by atoms with E-state index < -0.39 is 6.04 Å². The van der Waals surface area contributed by atoms with E-state index in [9.17, 15) is 4.79 Å². The summed E-state index contributed by atoms with van der Waals surface area (Å²) in [6.45, 7) is 0. The lowest BCUT2D eigenvalue weighted by Crippen LogP contribution is -2.27. The van der Waals surface area contributed by atoms with Crippen molar-refractivity contribution in [3.05, 3.63) is 83.1 Å². The molecule has 0 aromatic heterocycles. The molecule has 2 atom stereocenters. The van der Waals surface area contributed by atoms with Crippen LogP contribution in [0.3, 0.4) is 0 Å². The standard InChI is InChI=1S/C29H30N2O5/c1-33-19-11-9-17(10-12-19)18-13-23-28(24(32)14-18)29(31-22-8-6-5-7-21(22)30-23)20-15-26(35-3)27(36-4)16-25(20)34-2/h5-12,15-16,18,29-31H,13-14H2,1-4H3/t18-,29+/m1/s1. The van der Waals surface area contributed by atoms with Gasteiger partial charge in [0.2, 0.25) is 0 Å². The van der Waals surface area contributed by atoms with Gasteiger partial charge in [0.25, 0.3) is 0 Å². The first-order chi connectivity index (χ1) is 17.6. The molecule has 1 aliphatic heterocycles. The van der Waals surface area contributed by atoms with E-state index in [1.807, 2.05) is 54.6 Å². The summed E-state index contributed by atoms with van der Waals surface area (Å²) < 4.78 is 22.1. The number of hydrogen-bond acceptors (Lipinski definition) is 7. The van der Waals surface area contributed by atoms with Crippen LogP contribution < -0.4 is 29.6 Å². The summed E-state index contributed by atoms with van der Waals surface area (Å²) in [6, 6.07) is 19.2. The summed E-state index contributed by atoms with van der Waals surface area (Å²) in [6.07, 6.45) is 1.12.